The second-order valence-corrected chi connectivity index (χ2v) is 5.43. The molecule has 0 amide bonds. The fourth-order valence-corrected chi connectivity index (χ4v) is 2.51. The van der Waals surface area contributed by atoms with E-state index in [1.165, 1.54) is 37.8 Å². The third kappa shape index (κ3) is 5.43. The van der Waals surface area contributed by atoms with Gasteiger partial charge >= 0.3 is 0 Å². The molecule has 1 saturated carbocycles. The van der Waals surface area contributed by atoms with Crippen LogP contribution in [0.5, 0.6) is 0 Å². The van der Waals surface area contributed by atoms with Crippen molar-refractivity contribution in [2.75, 3.05) is 18.5 Å². The van der Waals surface area contributed by atoms with Crippen molar-refractivity contribution in [3.63, 3.8) is 0 Å². The molecule has 1 aromatic carbocycles. The fourth-order valence-electron chi connectivity index (χ4n) is 2.29. The molecule has 0 aromatic heterocycles. The van der Waals surface area contributed by atoms with E-state index < -0.39 is 0 Å². The molecule has 0 heterocycles. The zero-order valence-corrected chi connectivity index (χ0v) is 12.3. The van der Waals surface area contributed by atoms with Gasteiger partial charge < -0.3 is 15.4 Å². The third-order valence-electron chi connectivity index (χ3n) is 3.36. The minimum atomic E-state index is -0.251. The molecule has 0 bridgehead atoms. The predicted molar refractivity (Wildman–Crippen MR) is 83.4 cm³/mol. The molecule has 5 heteroatoms. The van der Waals surface area contributed by atoms with Crippen molar-refractivity contribution in [1.29, 1.82) is 0 Å². The second kappa shape index (κ2) is 8.17. The van der Waals surface area contributed by atoms with E-state index in [1.54, 1.807) is 12.1 Å². The number of hydrogen-bond donors (Lipinski definition) is 2. The van der Waals surface area contributed by atoms with Gasteiger partial charge in [-0.15, -0.1) is 0 Å². The number of benzene rings is 1. The standard InChI is InChI=1S/C15H21FN2OS/c16-12-6-8-13(9-7-12)18-15(20)17-10-3-11-19-14-4-1-2-5-14/h6-9,14H,1-5,10-11H2,(H2,17,18,20). The molecule has 20 heavy (non-hydrogen) atoms. The van der Waals surface area contributed by atoms with Crippen LogP contribution in [-0.4, -0.2) is 24.4 Å². The van der Waals surface area contributed by atoms with E-state index >= 15 is 0 Å². The minimum absolute atomic E-state index is 0.251. The summed E-state index contributed by atoms with van der Waals surface area (Å²) in [5.41, 5.74) is 0.783. The maximum Gasteiger partial charge on any atom is 0.170 e. The van der Waals surface area contributed by atoms with E-state index in [1.807, 2.05) is 0 Å². The Balaban J connectivity index is 1.54. The van der Waals surface area contributed by atoms with Crippen molar-refractivity contribution in [3.05, 3.63) is 30.1 Å². The summed E-state index contributed by atoms with van der Waals surface area (Å²) >= 11 is 5.17. The van der Waals surface area contributed by atoms with Crippen LogP contribution in [-0.2, 0) is 4.74 Å². The molecule has 3 nitrogen and oxygen atoms in total. The van der Waals surface area contributed by atoms with Gasteiger partial charge in [0.2, 0.25) is 0 Å². The average molecular weight is 296 g/mol. The summed E-state index contributed by atoms with van der Waals surface area (Å²) in [5, 5.41) is 6.68. The van der Waals surface area contributed by atoms with Gasteiger partial charge in [-0.3, -0.25) is 0 Å². The topological polar surface area (TPSA) is 33.3 Å². The van der Waals surface area contributed by atoms with Crippen molar-refractivity contribution in [3.8, 4) is 0 Å². The van der Waals surface area contributed by atoms with Crippen LogP contribution in [0.3, 0.4) is 0 Å². The Bertz CT molecular complexity index is 418. The Kier molecular flexibility index (Phi) is 6.21. The summed E-state index contributed by atoms with van der Waals surface area (Å²) in [7, 11) is 0. The summed E-state index contributed by atoms with van der Waals surface area (Å²) in [6, 6.07) is 6.12. The average Bonchev–Trinajstić information content (AvgIpc) is 2.94. The smallest absolute Gasteiger partial charge is 0.170 e. The van der Waals surface area contributed by atoms with Crippen molar-refractivity contribution in [2.45, 2.75) is 38.2 Å². The third-order valence-corrected chi connectivity index (χ3v) is 3.61. The molecule has 1 aromatic rings. The van der Waals surface area contributed by atoms with Crippen molar-refractivity contribution < 1.29 is 9.13 Å². The molecule has 1 aliphatic rings. The Morgan fingerprint density at radius 2 is 1.95 bits per heavy atom. The number of nitrogens with one attached hydrogen (secondary N) is 2. The summed E-state index contributed by atoms with van der Waals surface area (Å²) < 4.78 is 18.5. The van der Waals surface area contributed by atoms with E-state index in [2.05, 4.69) is 10.6 Å². The maximum atomic E-state index is 12.7. The largest absolute Gasteiger partial charge is 0.378 e. The highest BCUT2D eigenvalue weighted by molar-refractivity contribution is 7.80. The zero-order valence-electron chi connectivity index (χ0n) is 11.5. The van der Waals surface area contributed by atoms with Crippen LogP contribution in [0.2, 0.25) is 0 Å². The Morgan fingerprint density at radius 3 is 2.65 bits per heavy atom. The van der Waals surface area contributed by atoms with E-state index in [0.29, 0.717) is 11.2 Å². The number of thiocarbonyl (C=S) groups is 1. The van der Waals surface area contributed by atoms with E-state index in [9.17, 15) is 4.39 Å². The Morgan fingerprint density at radius 1 is 1.25 bits per heavy atom. The van der Waals surface area contributed by atoms with Crippen LogP contribution in [0.4, 0.5) is 10.1 Å². The van der Waals surface area contributed by atoms with Crippen LogP contribution in [0.15, 0.2) is 24.3 Å². The molecule has 2 N–H and O–H groups in total. The molecule has 2 rings (SSSR count). The van der Waals surface area contributed by atoms with Gasteiger partial charge in [0.25, 0.3) is 0 Å². The van der Waals surface area contributed by atoms with Crippen molar-refractivity contribution in [1.82, 2.24) is 5.32 Å². The highest BCUT2D eigenvalue weighted by Crippen LogP contribution is 2.20. The van der Waals surface area contributed by atoms with Gasteiger partial charge in [-0.1, -0.05) is 12.8 Å². The molecule has 1 fully saturated rings. The lowest BCUT2D eigenvalue weighted by Crippen LogP contribution is -2.30. The summed E-state index contributed by atoms with van der Waals surface area (Å²) in [4.78, 5) is 0. The highest BCUT2D eigenvalue weighted by atomic mass is 32.1. The van der Waals surface area contributed by atoms with E-state index in [-0.39, 0.29) is 5.82 Å². The lowest BCUT2D eigenvalue weighted by Gasteiger charge is -2.12. The fraction of sp³-hybridized carbons (Fsp3) is 0.533. The van der Waals surface area contributed by atoms with Gasteiger partial charge in [0, 0.05) is 18.8 Å². The molecule has 0 aliphatic heterocycles. The number of anilines is 1. The minimum Gasteiger partial charge on any atom is -0.378 e. The Hall–Kier alpha value is -1.20. The monoisotopic (exact) mass is 296 g/mol. The maximum absolute atomic E-state index is 12.7. The van der Waals surface area contributed by atoms with Gasteiger partial charge in [-0.25, -0.2) is 4.39 Å². The lowest BCUT2D eigenvalue weighted by atomic mass is 10.3. The first-order chi connectivity index (χ1) is 9.74. The molecule has 0 atom stereocenters. The first-order valence-electron chi connectivity index (χ1n) is 7.16. The summed E-state index contributed by atoms with van der Waals surface area (Å²) in [6.07, 6.45) is 6.42. The summed E-state index contributed by atoms with van der Waals surface area (Å²) in [6.45, 7) is 1.55. The number of hydrogen-bond acceptors (Lipinski definition) is 2. The quantitative estimate of drug-likeness (QED) is 0.622. The molecular weight excluding hydrogens is 275 g/mol. The van der Waals surface area contributed by atoms with Crippen LogP contribution in [0.25, 0.3) is 0 Å². The lowest BCUT2D eigenvalue weighted by molar-refractivity contribution is 0.0574. The number of halogens is 1. The summed E-state index contributed by atoms with van der Waals surface area (Å²) in [5.74, 6) is -0.251. The molecule has 0 spiro atoms. The van der Waals surface area contributed by atoms with Gasteiger partial charge in [-0.2, -0.15) is 0 Å². The molecular formula is C15H21FN2OS. The van der Waals surface area contributed by atoms with Gasteiger partial charge in [-0.05, 0) is 55.7 Å². The molecule has 0 radical (unpaired) electrons. The van der Waals surface area contributed by atoms with Crippen molar-refractivity contribution >= 4 is 23.0 Å². The van der Waals surface area contributed by atoms with Crippen LogP contribution < -0.4 is 10.6 Å². The Labute approximate surface area is 124 Å². The van der Waals surface area contributed by atoms with Gasteiger partial charge in [0.05, 0.1) is 6.10 Å². The van der Waals surface area contributed by atoms with Crippen LogP contribution in [0.1, 0.15) is 32.1 Å². The molecule has 0 unspecified atom stereocenters. The van der Waals surface area contributed by atoms with E-state index in [0.717, 1.165) is 25.3 Å². The number of ether oxygens (including phenoxy) is 1. The number of rotatable bonds is 6. The normalized spacial score (nSPS) is 15.2. The van der Waals surface area contributed by atoms with Crippen LogP contribution >= 0.6 is 12.2 Å². The zero-order chi connectivity index (χ0) is 14.2. The SMILES string of the molecule is Fc1ccc(NC(=S)NCCCOC2CCCC2)cc1. The van der Waals surface area contributed by atoms with Gasteiger partial charge in [0.1, 0.15) is 5.82 Å². The molecule has 110 valence electrons. The van der Waals surface area contributed by atoms with Crippen LogP contribution in [0, 0.1) is 5.82 Å². The van der Waals surface area contributed by atoms with Crippen molar-refractivity contribution in [2.24, 2.45) is 0 Å². The molecule has 0 saturated heterocycles. The first kappa shape index (κ1) is 15.2. The highest BCUT2D eigenvalue weighted by Gasteiger charge is 2.14. The van der Waals surface area contributed by atoms with E-state index in [4.69, 9.17) is 17.0 Å². The predicted octanol–water partition coefficient (Wildman–Crippen LogP) is 3.46. The second-order valence-electron chi connectivity index (χ2n) is 5.02. The molecule has 1 aliphatic carbocycles. The van der Waals surface area contributed by atoms with Gasteiger partial charge in [0.15, 0.2) is 5.11 Å². The first-order valence-corrected chi connectivity index (χ1v) is 7.57.